The largest absolute Gasteiger partial charge is 0.329 e. The lowest BCUT2D eigenvalue weighted by Gasteiger charge is -2.19. The molecule has 0 radical (unpaired) electrons. The Hall–Kier alpha value is -1.58. The minimum absolute atomic E-state index is 0.708. The van der Waals surface area contributed by atoms with Crippen molar-refractivity contribution in [1.29, 1.82) is 0 Å². The number of hydrogen-bond acceptors (Lipinski definition) is 3. The standard InChI is InChI=1S/C17H22ClN3/c1-4-9-19-11-14-10-17(20-12-16(14)18)21(3)15-7-5-13(2)6-8-15/h5-8,10,12,19H,4,9,11H2,1-3H3. The van der Waals surface area contributed by atoms with Gasteiger partial charge in [0.1, 0.15) is 5.82 Å². The van der Waals surface area contributed by atoms with Crippen molar-refractivity contribution >= 4 is 23.1 Å². The van der Waals surface area contributed by atoms with Gasteiger partial charge in [-0.2, -0.15) is 0 Å². The Morgan fingerprint density at radius 2 is 1.95 bits per heavy atom. The number of nitrogens with zero attached hydrogens (tertiary/aromatic N) is 2. The van der Waals surface area contributed by atoms with E-state index in [4.69, 9.17) is 11.6 Å². The number of aryl methyl sites for hydroxylation is 1. The summed E-state index contributed by atoms with van der Waals surface area (Å²) in [6.07, 6.45) is 2.84. The maximum absolute atomic E-state index is 6.23. The summed E-state index contributed by atoms with van der Waals surface area (Å²) in [6, 6.07) is 10.4. The van der Waals surface area contributed by atoms with Crippen LogP contribution in [0.3, 0.4) is 0 Å². The van der Waals surface area contributed by atoms with Gasteiger partial charge in [0, 0.05) is 25.5 Å². The highest BCUT2D eigenvalue weighted by Gasteiger charge is 2.08. The van der Waals surface area contributed by atoms with Crippen LogP contribution in [0.4, 0.5) is 11.5 Å². The third kappa shape index (κ3) is 4.19. The molecule has 21 heavy (non-hydrogen) atoms. The van der Waals surface area contributed by atoms with E-state index in [1.54, 1.807) is 6.20 Å². The maximum atomic E-state index is 6.23. The van der Waals surface area contributed by atoms with Crippen molar-refractivity contribution in [2.24, 2.45) is 0 Å². The Labute approximate surface area is 132 Å². The van der Waals surface area contributed by atoms with Gasteiger partial charge in [0.2, 0.25) is 0 Å². The molecule has 2 aromatic rings. The Bertz CT molecular complexity index is 581. The fourth-order valence-electron chi connectivity index (χ4n) is 2.09. The molecule has 4 heteroatoms. The van der Waals surface area contributed by atoms with Gasteiger partial charge < -0.3 is 10.2 Å². The lowest BCUT2D eigenvalue weighted by atomic mass is 10.2. The van der Waals surface area contributed by atoms with Crippen LogP contribution in [-0.4, -0.2) is 18.6 Å². The minimum atomic E-state index is 0.708. The van der Waals surface area contributed by atoms with Crippen molar-refractivity contribution in [2.75, 3.05) is 18.5 Å². The van der Waals surface area contributed by atoms with Crippen LogP contribution in [0.1, 0.15) is 24.5 Å². The highest BCUT2D eigenvalue weighted by Crippen LogP contribution is 2.25. The number of rotatable bonds is 6. The zero-order chi connectivity index (χ0) is 15.2. The van der Waals surface area contributed by atoms with E-state index in [-0.39, 0.29) is 0 Å². The van der Waals surface area contributed by atoms with Gasteiger partial charge in [0.15, 0.2) is 0 Å². The Kier molecular flexibility index (Phi) is 5.59. The normalized spacial score (nSPS) is 10.7. The molecule has 1 aromatic carbocycles. The highest BCUT2D eigenvalue weighted by atomic mass is 35.5. The van der Waals surface area contributed by atoms with Crippen molar-refractivity contribution < 1.29 is 0 Å². The van der Waals surface area contributed by atoms with Crippen molar-refractivity contribution in [2.45, 2.75) is 26.8 Å². The van der Waals surface area contributed by atoms with Gasteiger partial charge in [-0.3, -0.25) is 0 Å². The Balaban J connectivity index is 2.19. The summed E-state index contributed by atoms with van der Waals surface area (Å²) in [5.74, 6) is 0.900. The summed E-state index contributed by atoms with van der Waals surface area (Å²) in [5, 5.41) is 4.08. The summed E-state index contributed by atoms with van der Waals surface area (Å²) in [7, 11) is 2.02. The zero-order valence-corrected chi connectivity index (χ0v) is 13.6. The summed E-state index contributed by atoms with van der Waals surface area (Å²) in [4.78, 5) is 6.50. The maximum Gasteiger partial charge on any atom is 0.133 e. The second-order valence-electron chi connectivity index (χ2n) is 5.21. The van der Waals surface area contributed by atoms with E-state index in [0.717, 1.165) is 36.6 Å². The molecule has 0 fully saturated rings. The van der Waals surface area contributed by atoms with Crippen LogP contribution in [0.25, 0.3) is 0 Å². The molecule has 0 saturated carbocycles. The van der Waals surface area contributed by atoms with Gasteiger partial charge in [-0.25, -0.2) is 4.98 Å². The van der Waals surface area contributed by atoms with Gasteiger partial charge in [-0.05, 0) is 43.7 Å². The average molecular weight is 304 g/mol. The first-order chi connectivity index (χ1) is 10.1. The quantitative estimate of drug-likeness (QED) is 0.806. The van der Waals surface area contributed by atoms with E-state index < -0.39 is 0 Å². The summed E-state index contributed by atoms with van der Waals surface area (Å²) < 4.78 is 0. The second kappa shape index (κ2) is 7.43. The van der Waals surface area contributed by atoms with E-state index in [0.29, 0.717) is 5.02 Å². The predicted molar refractivity (Wildman–Crippen MR) is 90.5 cm³/mol. The number of aromatic nitrogens is 1. The van der Waals surface area contributed by atoms with Crippen molar-refractivity contribution in [1.82, 2.24) is 10.3 Å². The van der Waals surface area contributed by atoms with Crippen molar-refractivity contribution in [3.63, 3.8) is 0 Å². The molecule has 0 aliphatic carbocycles. The van der Waals surface area contributed by atoms with Crippen LogP contribution < -0.4 is 10.2 Å². The second-order valence-corrected chi connectivity index (χ2v) is 5.61. The topological polar surface area (TPSA) is 28.2 Å². The molecule has 0 aliphatic rings. The molecule has 2 rings (SSSR count). The summed E-state index contributed by atoms with van der Waals surface area (Å²) in [5.41, 5.74) is 3.44. The fourth-order valence-corrected chi connectivity index (χ4v) is 2.26. The number of anilines is 2. The van der Waals surface area contributed by atoms with Gasteiger partial charge in [-0.15, -0.1) is 0 Å². The number of nitrogens with one attached hydrogen (secondary N) is 1. The third-order valence-electron chi connectivity index (χ3n) is 3.43. The van der Waals surface area contributed by atoms with Crippen LogP contribution in [0.15, 0.2) is 36.5 Å². The fraction of sp³-hybridized carbons (Fsp3) is 0.353. The zero-order valence-electron chi connectivity index (χ0n) is 12.9. The molecular weight excluding hydrogens is 282 g/mol. The first-order valence-electron chi connectivity index (χ1n) is 7.27. The van der Waals surface area contributed by atoms with Gasteiger partial charge >= 0.3 is 0 Å². The van der Waals surface area contributed by atoms with Gasteiger partial charge in [-0.1, -0.05) is 36.2 Å². The third-order valence-corrected chi connectivity index (χ3v) is 3.77. The van der Waals surface area contributed by atoms with Crippen LogP contribution in [0.2, 0.25) is 5.02 Å². The summed E-state index contributed by atoms with van der Waals surface area (Å²) >= 11 is 6.23. The minimum Gasteiger partial charge on any atom is -0.329 e. The molecule has 0 unspecified atom stereocenters. The molecule has 0 amide bonds. The summed E-state index contributed by atoms with van der Waals surface area (Å²) in [6.45, 7) is 5.99. The Morgan fingerprint density at radius 1 is 1.24 bits per heavy atom. The van der Waals surface area contributed by atoms with Crippen LogP contribution in [0.5, 0.6) is 0 Å². The molecule has 0 spiro atoms. The van der Waals surface area contributed by atoms with Crippen LogP contribution in [0, 0.1) is 6.92 Å². The number of halogens is 1. The molecule has 0 aliphatic heterocycles. The van der Waals surface area contributed by atoms with Crippen molar-refractivity contribution in [3.05, 3.63) is 52.7 Å². The molecule has 1 aromatic heterocycles. The molecular formula is C17H22ClN3. The average Bonchev–Trinajstić information content (AvgIpc) is 2.49. The molecule has 1 heterocycles. The van der Waals surface area contributed by atoms with E-state index >= 15 is 0 Å². The first kappa shape index (κ1) is 15.8. The number of hydrogen-bond donors (Lipinski definition) is 1. The smallest absolute Gasteiger partial charge is 0.133 e. The first-order valence-corrected chi connectivity index (χ1v) is 7.65. The van der Waals surface area contributed by atoms with E-state index in [2.05, 4.69) is 53.3 Å². The SMILES string of the molecule is CCCNCc1cc(N(C)c2ccc(C)cc2)ncc1Cl. The van der Waals surface area contributed by atoms with Gasteiger partial charge in [0.05, 0.1) is 5.02 Å². The van der Waals surface area contributed by atoms with Crippen LogP contribution >= 0.6 is 11.6 Å². The van der Waals surface area contributed by atoms with E-state index in [1.165, 1.54) is 5.56 Å². The molecule has 0 bridgehead atoms. The monoisotopic (exact) mass is 303 g/mol. The lowest BCUT2D eigenvalue weighted by molar-refractivity contribution is 0.675. The van der Waals surface area contributed by atoms with E-state index in [1.807, 2.05) is 13.1 Å². The lowest BCUT2D eigenvalue weighted by Crippen LogP contribution is -2.16. The highest BCUT2D eigenvalue weighted by molar-refractivity contribution is 6.31. The number of pyridine rings is 1. The molecule has 112 valence electrons. The predicted octanol–water partition coefficient (Wildman–Crippen LogP) is 4.31. The van der Waals surface area contributed by atoms with Crippen LogP contribution in [-0.2, 0) is 6.54 Å². The Morgan fingerprint density at radius 3 is 2.62 bits per heavy atom. The van der Waals surface area contributed by atoms with Crippen molar-refractivity contribution in [3.8, 4) is 0 Å². The number of benzene rings is 1. The molecule has 0 saturated heterocycles. The van der Waals surface area contributed by atoms with E-state index in [9.17, 15) is 0 Å². The van der Waals surface area contributed by atoms with Gasteiger partial charge in [0.25, 0.3) is 0 Å². The molecule has 3 nitrogen and oxygen atoms in total. The molecule has 1 N–H and O–H groups in total. The molecule has 0 atom stereocenters.